The van der Waals surface area contributed by atoms with E-state index < -0.39 is 10.2 Å². The Bertz CT molecular complexity index is 988. The third kappa shape index (κ3) is 5.34. The van der Waals surface area contributed by atoms with Gasteiger partial charge >= 0.3 is 0 Å². The van der Waals surface area contributed by atoms with Crippen molar-refractivity contribution in [3.8, 4) is 0 Å². The van der Waals surface area contributed by atoms with Crippen molar-refractivity contribution in [1.82, 2.24) is 28.5 Å². The molecule has 0 bridgehead atoms. The Morgan fingerprint density at radius 3 is 2.16 bits per heavy atom. The second-order valence-electron chi connectivity index (χ2n) is 8.30. The lowest BCUT2D eigenvalue weighted by atomic mass is 10.2. The first-order valence-electron chi connectivity index (χ1n) is 11.3. The highest BCUT2D eigenvalue weighted by Crippen LogP contribution is 2.23. The molecular formula is C21H32N8O2S. The molecule has 0 radical (unpaired) electrons. The summed E-state index contributed by atoms with van der Waals surface area (Å²) >= 11 is 0. The maximum atomic E-state index is 13.1. The van der Waals surface area contributed by atoms with Crippen LogP contribution >= 0.6 is 0 Å². The van der Waals surface area contributed by atoms with Crippen LogP contribution in [0.25, 0.3) is 0 Å². The van der Waals surface area contributed by atoms with Crippen LogP contribution in [0.1, 0.15) is 44.5 Å². The molecule has 1 atom stereocenters. The topological polar surface area (TPSA) is 121 Å². The van der Waals surface area contributed by atoms with Crippen molar-refractivity contribution in [2.45, 2.75) is 38.6 Å². The number of piperazine rings is 1. The lowest BCUT2D eigenvalue weighted by Gasteiger charge is -2.38. The second-order valence-corrected chi connectivity index (χ2v) is 10.2. The summed E-state index contributed by atoms with van der Waals surface area (Å²) in [6.45, 7) is 5.40. The van der Waals surface area contributed by atoms with Gasteiger partial charge in [-0.15, -0.1) is 0 Å². The minimum atomic E-state index is -3.40. The molecule has 2 aliphatic heterocycles. The van der Waals surface area contributed by atoms with E-state index in [0.717, 1.165) is 31.4 Å². The Morgan fingerprint density at radius 1 is 0.875 bits per heavy atom. The number of nitrogens with zero attached hydrogens (tertiary/aromatic N) is 6. The molecule has 10 nitrogen and oxygen atoms in total. The normalized spacial score (nSPS) is 20.5. The predicted octanol–water partition coefficient (Wildman–Crippen LogP) is 2.00. The minimum absolute atomic E-state index is 0.111. The first-order chi connectivity index (χ1) is 15.4. The van der Waals surface area contributed by atoms with Gasteiger partial charge in [-0.2, -0.15) is 32.0 Å². The summed E-state index contributed by atoms with van der Waals surface area (Å²) in [7, 11) is -3.40. The Labute approximate surface area is 190 Å². The van der Waals surface area contributed by atoms with Gasteiger partial charge in [0.1, 0.15) is 0 Å². The quantitative estimate of drug-likeness (QED) is 0.671. The fourth-order valence-electron chi connectivity index (χ4n) is 4.22. The molecule has 2 saturated heterocycles. The number of nitrogens with one attached hydrogen (secondary N) is 1. The Hall–Kier alpha value is -2.34. The zero-order valence-corrected chi connectivity index (χ0v) is 19.3. The van der Waals surface area contributed by atoms with E-state index in [1.807, 2.05) is 37.3 Å². The smallest absolute Gasteiger partial charge is 0.282 e. The molecule has 0 amide bonds. The number of benzene rings is 1. The third-order valence-corrected chi connectivity index (χ3v) is 8.15. The Kier molecular flexibility index (Phi) is 7.19. The summed E-state index contributed by atoms with van der Waals surface area (Å²) in [6.07, 6.45) is 4.09. The number of nitrogens with two attached hydrogens (primary N) is 1. The van der Waals surface area contributed by atoms with Gasteiger partial charge < -0.3 is 11.1 Å². The average Bonchev–Trinajstić information content (AvgIpc) is 3.09. The monoisotopic (exact) mass is 460 g/mol. The van der Waals surface area contributed by atoms with Crippen molar-refractivity contribution in [3.05, 3.63) is 36.2 Å². The molecule has 0 aliphatic carbocycles. The second kappa shape index (κ2) is 10.1. The molecule has 0 spiro atoms. The molecule has 3 N–H and O–H groups in total. The third-order valence-electron chi connectivity index (χ3n) is 6.11. The largest absolute Gasteiger partial charge is 0.368 e. The van der Waals surface area contributed by atoms with E-state index in [-0.39, 0.29) is 12.0 Å². The van der Waals surface area contributed by atoms with Crippen LogP contribution in [-0.4, -0.2) is 76.1 Å². The minimum Gasteiger partial charge on any atom is -0.368 e. The molecule has 1 aromatic carbocycles. The first-order valence-corrected chi connectivity index (χ1v) is 12.7. The van der Waals surface area contributed by atoms with E-state index in [2.05, 4.69) is 25.2 Å². The molecule has 4 rings (SSSR count). The van der Waals surface area contributed by atoms with Crippen molar-refractivity contribution in [3.63, 3.8) is 0 Å². The van der Waals surface area contributed by atoms with Gasteiger partial charge in [0.25, 0.3) is 10.2 Å². The van der Waals surface area contributed by atoms with E-state index in [1.165, 1.54) is 0 Å². The number of nitrogen functional groups attached to an aromatic ring is 1. The number of hydrogen-bond acceptors (Lipinski definition) is 8. The van der Waals surface area contributed by atoms with Crippen LogP contribution in [0.15, 0.2) is 30.3 Å². The molecule has 2 aliphatic rings. The highest BCUT2D eigenvalue weighted by molar-refractivity contribution is 7.86. The van der Waals surface area contributed by atoms with Crippen LogP contribution in [0.2, 0.25) is 0 Å². The molecule has 0 saturated carbocycles. The summed E-state index contributed by atoms with van der Waals surface area (Å²) in [5.74, 6) is 1.12. The van der Waals surface area contributed by atoms with Crippen LogP contribution in [-0.2, 0) is 10.2 Å². The summed E-state index contributed by atoms with van der Waals surface area (Å²) in [5.41, 5.74) is 6.81. The number of hydrogen-bond donors (Lipinski definition) is 2. The maximum Gasteiger partial charge on any atom is 0.282 e. The van der Waals surface area contributed by atoms with E-state index in [0.29, 0.717) is 51.0 Å². The van der Waals surface area contributed by atoms with Gasteiger partial charge in [0.2, 0.25) is 11.9 Å². The van der Waals surface area contributed by atoms with E-state index in [4.69, 9.17) is 5.73 Å². The van der Waals surface area contributed by atoms with E-state index >= 15 is 0 Å². The maximum absolute atomic E-state index is 13.1. The van der Waals surface area contributed by atoms with E-state index in [1.54, 1.807) is 8.61 Å². The van der Waals surface area contributed by atoms with Gasteiger partial charge in [-0.1, -0.05) is 31.0 Å². The van der Waals surface area contributed by atoms with Crippen LogP contribution in [0.5, 0.6) is 0 Å². The van der Waals surface area contributed by atoms with E-state index in [9.17, 15) is 8.42 Å². The van der Waals surface area contributed by atoms with Gasteiger partial charge in [0.05, 0.1) is 6.04 Å². The molecule has 2 fully saturated rings. The zero-order chi connectivity index (χ0) is 22.6. The van der Waals surface area contributed by atoms with Gasteiger partial charge in [-0.25, -0.2) is 0 Å². The van der Waals surface area contributed by atoms with Gasteiger partial charge in [-0.3, -0.25) is 4.90 Å². The van der Waals surface area contributed by atoms with Crippen molar-refractivity contribution in [2.24, 2.45) is 0 Å². The fraction of sp³-hybridized carbons (Fsp3) is 0.571. The highest BCUT2D eigenvalue weighted by Gasteiger charge is 2.34. The average molecular weight is 461 g/mol. The van der Waals surface area contributed by atoms with Gasteiger partial charge in [-0.05, 0) is 31.9 Å². The van der Waals surface area contributed by atoms with Crippen molar-refractivity contribution in [2.75, 3.05) is 50.3 Å². The summed E-state index contributed by atoms with van der Waals surface area (Å²) < 4.78 is 29.4. The highest BCUT2D eigenvalue weighted by atomic mass is 32.2. The summed E-state index contributed by atoms with van der Waals surface area (Å²) in [6, 6.07) is 9.53. The number of aromatic nitrogens is 3. The zero-order valence-electron chi connectivity index (χ0n) is 18.5. The van der Waals surface area contributed by atoms with Crippen LogP contribution in [0, 0.1) is 0 Å². The predicted molar refractivity (Wildman–Crippen MR) is 124 cm³/mol. The first kappa shape index (κ1) is 22.8. The van der Waals surface area contributed by atoms with Crippen LogP contribution in [0.4, 0.5) is 17.6 Å². The fourth-order valence-corrected chi connectivity index (χ4v) is 5.89. The summed E-state index contributed by atoms with van der Waals surface area (Å²) in [5, 5.41) is 3.16. The van der Waals surface area contributed by atoms with Crippen molar-refractivity contribution >= 4 is 27.8 Å². The van der Waals surface area contributed by atoms with Crippen molar-refractivity contribution in [1.29, 1.82) is 0 Å². The molecule has 32 heavy (non-hydrogen) atoms. The number of para-hydroxylation sites is 1. The SMILES string of the molecule is CC(c1nc(N)nc(Nc2ccccc2)n1)N1CCN(S(=O)(=O)N2CCCCCC2)CC1. The molecule has 1 unspecified atom stereocenters. The molecular weight excluding hydrogens is 428 g/mol. The summed E-state index contributed by atoms with van der Waals surface area (Å²) in [4.78, 5) is 15.3. The molecule has 11 heteroatoms. The number of rotatable bonds is 6. The molecule has 174 valence electrons. The van der Waals surface area contributed by atoms with Gasteiger partial charge in [0.15, 0.2) is 5.82 Å². The molecule has 3 heterocycles. The van der Waals surface area contributed by atoms with Crippen LogP contribution < -0.4 is 11.1 Å². The van der Waals surface area contributed by atoms with Crippen LogP contribution in [0.3, 0.4) is 0 Å². The lowest BCUT2D eigenvalue weighted by Crippen LogP contribution is -2.53. The Balaban J connectivity index is 1.40. The lowest BCUT2D eigenvalue weighted by molar-refractivity contribution is 0.137. The Morgan fingerprint density at radius 2 is 1.50 bits per heavy atom. The van der Waals surface area contributed by atoms with Crippen molar-refractivity contribution < 1.29 is 8.42 Å². The standard InChI is InChI=1S/C21H32N8O2S/c1-17(19-24-20(22)26-21(25-19)23-18-9-5-4-6-10-18)27-13-15-29(16-14-27)32(30,31)28-11-7-2-3-8-12-28/h4-6,9-10,17H,2-3,7-8,11-16H2,1H3,(H3,22,23,24,25,26). The van der Waals surface area contributed by atoms with Gasteiger partial charge in [0, 0.05) is 45.0 Å². The number of anilines is 3. The molecule has 1 aromatic heterocycles. The molecule has 2 aromatic rings.